The standard InChI is InChI=1S/C17H25N2O4P.C15H25N2O5P.C14H23N2O5P.C14H23N2O3PS/c1-6-7-12-10-19(11(2)18-16(12)22)17-15(21)14(20)13(23-17)8-9-24(3,4)5;1-9-16-14(21)10(8-18)7-17(9)15-13(20)12(19)11(22-15)5-6-23(2,3)4;1-15-10(17)5-7-16(14(15)20)13-12(19)11(18)9(21-13)6-8-22(2,3)4;1-8-9(7-15-14(21)16-8)13-12(18)11(17)10(19-13)5-6-20(2,3)4/h10,13-15,17,20-21H,2-3,8-9H2,1,4-5H3,(H,18,22);7,11-13,15,18-20H,1-2,5-6,8H2,3-4H3,(H,16,21);5,7,9,11-13,18-19H,2,6,8H2,1,3-4H3;7,10-13,17-18H,1-2,5-6H2,3-4H3,(H2,15,16,21)/t13-,14-,15-,17-;11-,12-,13-,15-;9-,11-,12-,13-;10-,11-,12-,13+/m1111/s1. The number of thiocarbonyl (C=S) groups is 1. The maximum Gasteiger partial charge on any atom is 0.332 e. The van der Waals surface area contributed by atoms with Gasteiger partial charge in [0.25, 0.3) is 17.4 Å². The maximum absolute atomic E-state index is 12.1. The lowest BCUT2D eigenvalue weighted by Gasteiger charge is -2.34. The highest BCUT2D eigenvalue weighted by Gasteiger charge is 2.49. The summed E-state index contributed by atoms with van der Waals surface area (Å²) in [5, 5.41) is 102. The van der Waals surface area contributed by atoms with Gasteiger partial charge in [-0.15, -0.1) is 58.7 Å². The topological polar surface area (TPSA) is 352 Å². The van der Waals surface area contributed by atoms with E-state index in [0.717, 1.165) is 33.8 Å². The number of aromatic nitrogens is 2. The van der Waals surface area contributed by atoms with Crippen molar-refractivity contribution in [3.8, 4) is 11.8 Å². The summed E-state index contributed by atoms with van der Waals surface area (Å²) in [7, 11) is 1.35. The van der Waals surface area contributed by atoms with E-state index < -0.39 is 143 Å². The van der Waals surface area contributed by atoms with Crippen LogP contribution in [0.25, 0.3) is 0 Å². The summed E-state index contributed by atoms with van der Waals surface area (Å²) in [6.45, 7) is 24.5. The van der Waals surface area contributed by atoms with Crippen molar-refractivity contribution in [2.75, 3.05) is 84.6 Å². The number of aliphatic hydroxyl groups is 9. The molecule has 1 aromatic heterocycles. The van der Waals surface area contributed by atoms with Gasteiger partial charge in [-0.2, -0.15) is 0 Å². The van der Waals surface area contributed by atoms with Crippen LogP contribution in [0.5, 0.6) is 0 Å². The minimum absolute atomic E-state index is 0.135. The number of hydrogen-bond donors (Lipinski definition) is 13. The number of nitrogens with one attached hydrogen (secondary N) is 4. The second-order valence-corrected chi connectivity index (χ2v) is 43.6. The van der Waals surface area contributed by atoms with Gasteiger partial charge >= 0.3 is 5.69 Å². The lowest BCUT2D eigenvalue weighted by molar-refractivity contribution is -0.120. The molecule has 0 radical (unpaired) electrons. The van der Waals surface area contributed by atoms with Crippen LogP contribution >= 0.6 is 39.8 Å². The molecule has 16 atom stereocenters. The molecule has 2 amide bonds. The Morgan fingerprint density at radius 3 is 1.40 bits per heavy atom. The molecular weight excluding hydrogens is 1260 g/mol. The fourth-order valence-electron chi connectivity index (χ4n) is 10.2. The maximum atomic E-state index is 12.1. The van der Waals surface area contributed by atoms with E-state index in [1.54, 1.807) is 13.1 Å². The summed E-state index contributed by atoms with van der Waals surface area (Å²) >= 11 is 4.99. The molecule has 0 aliphatic carbocycles. The zero-order valence-corrected chi connectivity index (χ0v) is 57.6. The molecule has 8 rings (SSSR count). The van der Waals surface area contributed by atoms with Crippen LogP contribution in [0.4, 0.5) is 0 Å². The molecule has 7 aliphatic rings. The highest BCUT2D eigenvalue weighted by molar-refractivity contribution is 7.80. The monoisotopic (exact) mass is 1360 g/mol. The molecule has 0 spiro atoms. The molecule has 4 saturated heterocycles. The van der Waals surface area contributed by atoms with Crippen molar-refractivity contribution in [2.45, 2.75) is 131 Å². The molecule has 504 valence electrons. The van der Waals surface area contributed by atoms with E-state index in [1.807, 2.05) is 0 Å². The smallest absolute Gasteiger partial charge is 0.332 e. The van der Waals surface area contributed by atoms with E-state index in [-0.39, 0.29) is 34.8 Å². The molecule has 0 aromatic carbocycles. The molecule has 1 aromatic rings. The molecule has 13 N–H and O–H groups in total. The fourth-order valence-corrected chi connectivity index (χ4v) is 14.2. The lowest BCUT2D eigenvalue weighted by atomic mass is 9.99. The van der Waals surface area contributed by atoms with E-state index in [0.29, 0.717) is 42.1 Å². The van der Waals surface area contributed by atoms with Gasteiger partial charge in [0.1, 0.15) is 72.2 Å². The number of rotatable bonds is 17. The second kappa shape index (κ2) is 31.7. The highest BCUT2D eigenvalue weighted by atomic mass is 32.1. The second-order valence-electron chi connectivity index (χ2n) is 25.9. The normalized spacial score (nSPS) is 31.2. The Hall–Kier alpha value is -4.41. The number of ether oxygens (including phenoxy) is 4. The van der Waals surface area contributed by atoms with Crippen molar-refractivity contribution in [3.63, 3.8) is 0 Å². The number of aliphatic hydroxyl groups excluding tert-OH is 9. The third kappa shape index (κ3) is 20.5. The largest absolute Gasteiger partial charge is 0.391 e. The van der Waals surface area contributed by atoms with Gasteiger partial charge < -0.3 is 96.0 Å². The number of carbonyl (C=O) groups excluding carboxylic acids is 2. The third-order valence-electron chi connectivity index (χ3n) is 15.4. The fraction of sp³-hybridized carbons (Fsp3) is 0.583. The van der Waals surface area contributed by atoms with Gasteiger partial charge in [0.05, 0.1) is 36.6 Å². The van der Waals surface area contributed by atoms with Gasteiger partial charge in [-0.1, -0.05) is 25.7 Å². The van der Waals surface area contributed by atoms with Crippen molar-refractivity contribution in [2.24, 2.45) is 7.05 Å². The zero-order valence-electron chi connectivity index (χ0n) is 53.2. The summed E-state index contributed by atoms with van der Waals surface area (Å²) < 4.78 is 25.3. The molecule has 0 unspecified atom stereocenters. The van der Waals surface area contributed by atoms with Crippen LogP contribution in [0.3, 0.4) is 0 Å². The first kappa shape index (κ1) is 76.3. The first-order valence-electron chi connectivity index (χ1n) is 29.1. The van der Waals surface area contributed by atoms with Gasteiger partial charge in [-0.05, 0) is 123 Å². The Balaban J connectivity index is 0.000000218. The minimum Gasteiger partial charge on any atom is -0.391 e. The number of carbonyl (C=O) groups is 2. The molecule has 8 heterocycles. The van der Waals surface area contributed by atoms with Crippen molar-refractivity contribution < 1.29 is 74.5 Å². The minimum atomic E-state index is -1.27. The van der Waals surface area contributed by atoms with E-state index in [4.69, 9.17) is 31.2 Å². The summed E-state index contributed by atoms with van der Waals surface area (Å²) in [5.41, 5.74) is 0.630. The van der Waals surface area contributed by atoms with Gasteiger partial charge in [-0.3, -0.25) is 23.5 Å². The SMILES string of the molecule is C=C1NC(=O)C(C#CC)=CN1[C@@H]1O[C@H](CCP(=C)(C)C)[C@@H](O)[C@H]1O.C=C1NC(=O)C(CO)=CN1[C@@H]1O[C@H](CCP(=C)(C)C)[C@@H](O)[C@H]1O.C=C1NC(=S)NC=C1[C@@H]1O[C@H](CCP(=C)(C)C)[C@@H](O)[C@H]1O.C=P(C)(C)CC[C@H]1O[C@@H](n2ccc(=O)n(C)c2=O)[C@H](O)[C@@H]1O. The predicted molar refractivity (Wildman–Crippen MR) is 366 cm³/mol. The van der Waals surface area contributed by atoms with E-state index in [1.165, 1.54) is 41.5 Å². The summed E-state index contributed by atoms with van der Waals surface area (Å²) in [6, 6.07) is 1.22. The van der Waals surface area contributed by atoms with Crippen molar-refractivity contribution in [1.82, 2.24) is 40.2 Å². The third-order valence-corrected chi connectivity index (χ3v) is 21.5. The average molecular weight is 1360 g/mol. The zero-order chi connectivity index (χ0) is 67.9. The Labute approximate surface area is 533 Å². The first-order valence-corrected chi connectivity index (χ1v) is 41.7. The van der Waals surface area contributed by atoms with Crippen molar-refractivity contribution >= 4 is 81.9 Å². The summed E-state index contributed by atoms with van der Waals surface area (Å²) in [4.78, 5) is 50.0. The molecule has 90 heavy (non-hydrogen) atoms. The summed E-state index contributed by atoms with van der Waals surface area (Å²) in [6.07, 6.45) is 14.6. The highest BCUT2D eigenvalue weighted by Crippen LogP contribution is 2.43. The number of amides is 2. The van der Waals surface area contributed by atoms with Crippen LogP contribution < -0.4 is 32.5 Å². The van der Waals surface area contributed by atoms with Crippen LogP contribution in [0.1, 0.15) is 38.8 Å². The van der Waals surface area contributed by atoms with Crippen LogP contribution in [0, 0.1) is 11.8 Å². The molecule has 7 aliphatic heterocycles. The number of nitrogens with zero attached hydrogens (tertiary/aromatic N) is 4. The van der Waals surface area contributed by atoms with E-state index in [2.05, 4.69) is 131 Å². The Bertz CT molecular complexity index is 3330. The van der Waals surface area contributed by atoms with Gasteiger partial charge in [0.15, 0.2) is 23.8 Å². The lowest BCUT2D eigenvalue weighted by Crippen LogP contribution is -2.48. The Morgan fingerprint density at radius 2 is 0.978 bits per heavy atom. The van der Waals surface area contributed by atoms with Crippen LogP contribution in [-0.2, 0) is 35.6 Å². The summed E-state index contributed by atoms with van der Waals surface area (Å²) in [5.74, 6) is 5.09. The van der Waals surface area contributed by atoms with Crippen molar-refractivity contribution in [1.29, 1.82) is 0 Å². The van der Waals surface area contributed by atoms with Gasteiger partial charge in [0, 0.05) is 49.2 Å². The molecule has 0 saturated carbocycles. The molecule has 4 fully saturated rings. The molecule has 0 bridgehead atoms. The van der Waals surface area contributed by atoms with Crippen LogP contribution in [-0.4, -0.2) is 283 Å². The quantitative estimate of drug-likeness (QED) is 0.0525. The first-order chi connectivity index (χ1) is 41.6. The average Bonchev–Trinajstić information content (AvgIpc) is 1.65. The Morgan fingerprint density at radius 1 is 0.578 bits per heavy atom. The predicted octanol–water partition coefficient (Wildman–Crippen LogP) is -0.630. The molecular formula is C60H96N8O17P4S. The van der Waals surface area contributed by atoms with Crippen molar-refractivity contribution in [3.05, 3.63) is 105 Å². The molecule has 25 nitrogen and oxygen atoms in total. The Kier molecular flexibility index (Phi) is 26.9. The molecule has 30 heteroatoms. The number of hydrogen-bond acceptors (Lipinski definition) is 20. The van der Waals surface area contributed by atoms with E-state index >= 15 is 0 Å². The van der Waals surface area contributed by atoms with Gasteiger partial charge in [-0.25, -0.2) is 4.79 Å². The van der Waals surface area contributed by atoms with Crippen LogP contribution in [0.2, 0.25) is 0 Å². The van der Waals surface area contributed by atoms with Gasteiger partial charge in [0.2, 0.25) is 0 Å². The van der Waals surface area contributed by atoms with E-state index in [9.17, 15) is 65.1 Å². The van der Waals surface area contributed by atoms with Crippen LogP contribution in [0.15, 0.2) is 94.2 Å².